The molecule has 2 saturated carbocycles. The van der Waals surface area contributed by atoms with Gasteiger partial charge >= 0.3 is 0 Å². The average Bonchev–Trinajstić information content (AvgIpc) is 2.29. The van der Waals surface area contributed by atoms with Gasteiger partial charge < -0.3 is 0 Å². The molecule has 0 aromatic heterocycles. The number of Topliss-reactive ketones (excluding diaryl/α,β-unsaturated/α-hetero) is 1. The molecule has 0 N–H and O–H groups in total. The second-order valence-corrected chi connectivity index (χ2v) is 5.46. The maximum atomic E-state index is 12.1. The molecule has 2 fully saturated rings. The van der Waals surface area contributed by atoms with Gasteiger partial charge in [0.1, 0.15) is 5.78 Å². The van der Waals surface area contributed by atoms with Crippen LogP contribution in [0.15, 0.2) is 4.99 Å². The van der Waals surface area contributed by atoms with E-state index in [1.807, 2.05) is 7.05 Å². The van der Waals surface area contributed by atoms with Gasteiger partial charge in [0.25, 0.3) is 0 Å². The molecule has 0 radical (unpaired) electrons. The Kier molecular flexibility index (Phi) is 1.89. The summed E-state index contributed by atoms with van der Waals surface area (Å²) < 4.78 is 0. The molecule has 2 heteroatoms. The van der Waals surface area contributed by atoms with E-state index < -0.39 is 0 Å². The molecule has 2 aliphatic rings. The van der Waals surface area contributed by atoms with Gasteiger partial charge in [0.15, 0.2) is 0 Å². The number of hydrogen-bond donors (Lipinski definition) is 0. The van der Waals surface area contributed by atoms with Crippen molar-refractivity contribution in [3.63, 3.8) is 0 Å². The molecule has 0 aliphatic heterocycles. The first-order valence-corrected chi connectivity index (χ1v) is 5.42. The molecule has 0 heterocycles. The number of carbonyl (C=O) groups excluding carboxylic acids is 1. The Morgan fingerprint density at radius 1 is 1.36 bits per heavy atom. The van der Waals surface area contributed by atoms with E-state index in [-0.39, 0.29) is 10.8 Å². The summed E-state index contributed by atoms with van der Waals surface area (Å²) in [7, 11) is 1.82. The molecule has 2 aliphatic carbocycles. The molecule has 0 spiro atoms. The Bertz CT molecular complexity index is 316. The number of aliphatic imine (C=N–C) groups is 1. The van der Waals surface area contributed by atoms with Gasteiger partial charge in [-0.1, -0.05) is 20.8 Å². The Hall–Kier alpha value is -0.660. The van der Waals surface area contributed by atoms with E-state index in [2.05, 4.69) is 25.8 Å². The highest BCUT2D eigenvalue weighted by atomic mass is 16.1. The largest absolute Gasteiger partial charge is 0.299 e. The summed E-state index contributed by atoms with van der Waals surface area (Å²) in [4.78, 5) is 16.4. The normalized spacial score (nSPS) is 43.3. The van der Waals surface area contributed by atoms with Crippen molar-refractivity contribution in [2.24, 2.45) is 21.7 Å². The van der Waals surface area contributed by atoms with E-state index in [4.69, 9.17) is 0 Å². The second-order valence-electron chi connectivity index (χ2n) is 5.46. The van der Waals surface area contributed by atoms with Gasteiger partial charge in [-0.15, -0.1) is 0 Å². The lowest BCUT2D eigenvalue weighted by Gasteiger charge is -2.45. The van der Waals surface area contributed by atoms with Gasteiger partial charge in [-0.25, -0.2) is 0 Å². The molecule has 78 valence electrons. The number of nitrogens with zero attached hydrogens (tertiary/aromatic N) is 1. The Morgan fingerprint density at radius 2 is 2.00 bits per heavy atom. The van der Waals surface area contributed by atoms with Crippen LogP contribution in [0.1, 0.15) is 40.0 Å². The molecular weight excluding hydrogens is 174 g/mol. The van der Waals surface area contributed by atoms with Crippen LogP contribution in [0.25, 0.3) is 0 Å². The van der Waals surface area contributed by atoms with Gasteiger partial charge in [0.2, 0.25) is 0 Å². The molecular formula is C12H19NO. The summed E-state index contributed by atoms with van der Waals surface area (Å²) in [5.41, 5.74) is 1.15. The summed E-state index contributed by atoms with van der Waals surface area (Å²) in [6.45, 7) is 6.60. The van der Waals surface area contributed by atoms with Crippen LogP contribution in [0.5, 0.6) is 0 Å². The highest BCUT2D eigenvalue weighted by Crippen LogP contribution is 2.60. The molecule has 2 nitrogen and oxygen atoms in total. The van der Waals surface area contributed by atoms with E-state index in [0.717, 1.165) is 18.6 Å². The maximum Gasteiger partial charge on any atom is 0.144 e. The maximum absolute atomic E-state index is 12.1. The van der Waals surface area contributed by atoms with Crippen molar-refractivity contribution in [2.45, 2.75) is 40.0 Å². The monoisotopic (exact) mass is 193 g/mol. The van der Waals surface area contributed by atoms with Crippen LogP contribution >= 0.6 is 0 Å². The van der Waals surface area contributed by atoms with Gasteiger partial charge in [-0.05, 0) is 18.3 Å². The highest BCUT2D eigenvalue weighted by Gasteiger charge is 2.59. The Balaban J connectivity index is 2.51. The highest BCUT2D eigenvalue weighted by molar-refractivity contribution is 6.09. The van der Waals surface area contributed by atoms with Gasteiger partial charge in [0, 0.05) is 30.5 Å². The van der Waals surface area contributed by atoms with Crippen molar-refractivity contribution < 1.29 is 4.79 Å². The van der Waals surface area contributed by atoms with Crippen LogP contribution in [0, 0.1) is 16.7 Å². The molecule has 0 amide bonds. The standard InChI is InChI=1S/C12H19NO/c1-11(2)8-5-6-12(11,3)10(14)7-9(8)13-4/h8H,5-7H2,1-4H3/t8-,12+/m0/s1. The van der Waals surface area contributed by atoms with Crippen LogP contribution in [0.3, 0.4) is 0 Å². The van der Waals surface area contributed by atoms with Crippen LogP contribution in [0.4, 0.5) is 0 Å². The van der Waals surface area contributed by atoms with Crippen LogP contribution in [-0.2, 0) is 4.79 Å². The molecule has 2 bridgehead atoms. The topological polar surface area (TPSA) is 29.4 Å². The van der Waals surface area contributed by atoms with Crippen molar-refractivity contribution in [1.29, 1.82) is 0 Å². The predicted octanol–water partition coefficient (Wildman–Crippen LogP) is 2.47. The first-order chi connectivity index (χ1) is 6.43. The van der Waals surface area contributed by atoms with E-state index in [9.17, 15) is 4.79 Å². The summed E-state index contributed by atoms with van der Waals surface area (Å²) in [5.74, 6) is 0.937. The molecule has 0 aromatic carbocycles. The van der Waals surface area contributed by atoms with Crippen molar-refractivity contribution >= 4 is 11.5 Å². The third-order valence-electron chi connectivity index (χ3n) is 4.87. The molecule has 2 atom stereocenters. The Labute approximate surface area is 85.8 Å². The van der Waals surface area contributed by atoms with Crippen LogP contribution < -0.4 is 0 Å². The fourth-order valence-corrected chi connectivity index (χ4v) is 3.30. The SMILES string of the molecule is CN=C1CC(=O)[C@@]2(C)CC[C@@H]1C2(C)C. The fraction of sp³-hybridized carbons (Fsp3) is 0.833. The second kappa shape index (κ2) is 2.68. The Morgan fingerprint density at radius 3 is 2.57 bits per heavy atom. The minimum absolute atomic E-state index is 0.0914. The lowest BCUT2D eigenvalue weighted by atomic mass is 9.58. The third-order valence-corrected chi connectivity index (χ3v) is 4.87. The van der Waals surface area contributed by atoms with E-state index in [0.29, 0.717) is 18.1 Å². The first-order valence-electron chi connectivity index (χ1n) is 5.42. The number of rotatable bonds is 0. The van der Waals surface area contributed by atoms with E-state index in [1.165, 1.54) is 0 Å². The number of fused-ring (bicyclic) bond motifs is 2. The fourth-order valence-electron chi connectivity index (χ4n) is 3.30. The summed E-state index contributed by atoms with van der Waals surface area (Å²) in [6, 6.07) is 0. The van der Waals surface area contributed by atoms with Crippen molar-refractivity contribution in [3.05, 3.63) is 0 Å². The van der Waals surface area contributed by atoms with Crippen LogP contribution in [0.2, 0.25) is 0 Å². The molecule has 2 rings (SSSR count). The van der Waals surface area contributed by atoms with E-state index >= 15 is 0 Å². The lowest BCUT2D eigenvalue weighted by molar-refractivity contribution is -0.133. The average molecular weight is 193 g/mol. The summed E-state index contributed by atoms with van der Waals surface area (Å²) in [6.07, 6.45) is 2.78. The molecule has 0 saturated heterocycles. The van der Waals surface area contributed by atoms with Crippen molar-refractivity contribution in [2.75, 3.05) is 7.05 Å². The number of hydrogen-bond acceptors (Lipinski definition) is 2. The van der Waals surface area contributed by atoms with Crippen molar-refractivity contribution in [1.82, 2.24) is 0 Å². The molecule has 14 heavy (non-hydrogen) atoms. The quantitative estimate of drug-likeness (QED) is 0.581. The molecule has 0 unspecified atom stereocenters. The van der Waals surface area contributed by atoms with Gasteiger partial charge in [-0.2, -0.15) is 0 Å². The van der Waals surface area contributed by atoms with Crippen molar-refractivity contribution in [3.8, 4) is 0 Å². The minimum atomic E-state index is -0.0914. The first kappa shape index (κ1) is 9.88. The zero-order valence-electron chi connectivity index (χ0n) is 9.55. The zero-order valence-corrected chi connectivity index (χ0v) is 9.55. The number of ketones is 1. The smallest absolute Gasteiger partial charge is 0.144 e. The number of carbonyl (C=O) groups is 1. The lowest BCUT2D eigenvalue weighted by Crippen LogP contribution is -2.48. The predicted molar refractivity (Wildman–Crippen MR) is 57.6 cm³/mol. The van der Waals surface area contributed by atoms with Crippen LogP contribution in [-0.4, -0.2) is 18.5 Å². The van der Waals surface area contributed by atoms with Gasteiger partial charge in [0.05, 0.1) is 0 Å². The third kappa shape index (κ3) is 0.918. The summed E-state index contributed by atoms with van der Waals surface area (Å²) in [5, 5.41) is 0. The zero-order chi connectivity index (χ0) is 10.6. The van der Waals surface area contributed by atoms with Gasteiger partial charge in [-0.3, -0.25) is 9.79 Å². The van der Waals surface area contributed by atoms with E-state index in [1.54, 1.807) is 0 Å². The summed E-state index contributed by atoms with van der Waals surface area (Å²) >= 11 is 0. The molecule has 0 aromatic rings. The minimum Gasteiger partial charge on any atom is -0.299 e.